The van der Waals surface area contributed by atoms with Crippen LogP contribution in [0.5, 0.6) is 0 Å². The number of furan rings is 1. The zero-order chi connectivity index (χ0) is 20.5. The molecule has 0 saturated carbocycles. The van der Waals surface area contributed by atoms with E-state index in [2.05, 4.69) is 11.4 Å². The van der Waals surface area contributed by atoms with Gasteiger partial charge in [0.15, 0.2) is 6.10 Å². The second kappa shape index (κ2) is 7.91. The van der Waals surface area contributed by atoms with Gasteiger partial charge in [-0.25, -0.2) is 4.79 Å². The van der Waals surface area contributed by atoms with Crippen LogP contribution >= 0.6 is 11.3 Å². The molecule has 4 rings (SSSR count). The highest BCUT2D eigenvalue weighted by Crippen LogP contribution is 2.25. The van der Waals surface area contributed by atoms with Crippen LogP contribution in [-0.2, 0) is 29.0 Å². The van der Waals surface area contributed by atoms with Crippen molar-refractivity contribution in [2.75, 3.05) is 6.54 Å². The van der Waals surface area contributed by atoms with E-state index in [0.717, 1.165) is 23.6 Å². The average molecular weight is 413 g/mol. The van der Waals surface area contributed by atoms with Gasteiger partial charge in [-0.15, -0.1) is 11.3 Å². The summed E-state index contributed by atoms with van der Waals surface area (Å²) in [5, 5.41) is 2.06. The van der Waals surface area contributed by atoms with Gasteiger partial charge in [0, 0.05) is 29.4 Å². The number of fused-ring (bicyclic) bond motifs is 1. The molecule has 0 radical (unpaired) electrons. The predicted molar refractivity (Wildman–Crippen MR) is 110 cm³/mol. The van der Waals surface area contributed by atoms with E-state index < -0.39 is 12.1 Å². The zero-order valence-corrected chi connectivity index (χ0v) is 17.6. The lowest BCUT2D eigenvalue weighted by atomic mass is 10.1. The Morgan fingerprint density at radius 3 is 2.90 bits per heavy atom. The first-order valence-electron chi connectivity index (χ1n) is 9.68. The maximum absolute atomic E-state index is 12.8. The first-order valence-corrected chi connectivity index (χ1v) is 10.6. The summed E-state index contributed by atoms with van der Waals surface area (Å²) in [4.78, 5) is 28.7. The van der Waals surface area contributed by atoms with E-state index in [1.54, 1.807) is 35.5 Å². The van der Waals surface area contributed by atoms with Gasteiger partial charge in [0.25, 0.3) is 5.91 Å². The van der Waals surface area contributed by atoms with Gasteiger partial charge in [-0.3, -0.25) is 4.79 Å². The van der Waals surface area contributed by atoms with Crippen molar-refractivity contribution < 1.29 is 18.7 Å². The standard InChI is InChI=1S/C22H24N2O4S/c1-14-11-19(15(2)24(14)13-18-5-4-9-27-18)22(26)28-16(3)21(25)23-8-6-20-17(12-23)7-10-29-20/h4-5,7,9-11,16H,6,8,12-13H2,1-3H3. The fourth-order valence-corrected chi connectivity index (χ4v) is 4.67. The molecule has 7 heteroatoms. The molecule has 29 heavy (non-hydrogen) atoms. The highest BCUT2D eigenvalue weighted by atomic mass is 32.1. The van der Waals surface area contributed by atoms with Gasteiger partial charge in [0.2, 0.25) is 0 Å². The minimum absolute atomic E-state index is 0.153. The van der Waals surface area contributed by atoms with Crippen LogP contribution in [0.2, 0.25) is 0 Å². The summed E-state index contributed by atoms with van der Waals surface area (Å²) >= 11 is 1.73. The van der Waals surface area contributed by atoms with Crippen LogP contribution in [0.1, 0.15) is 44.9 Å². The van der Waals surface area contributed by atoms with E-state index in [0.29, 0.717) is 25.2 Å². The maximum Gasteiger partial charge on any atom is 0.340 e. The molecule has 1 aliphatic heterocycles. The second-order valence-corrected chi connectivity index (χ2v) is 8.38. The molecular formula is C22H24N2O4S. The Kier molecular flexibility index (Phi) is 5.32. The van der Waals surface area contributed by atoms with Crippen LogP contribution in [0.25, 0.3) is 0 Å². The average Bonchev–Trinajstić information content (AvgIpc) is 3.44. The van der Waals surface area contributed by atoms with Crippen molar-refractivity contribution in [1.29, 1.82) is 0 Å². The van der Waals surface area contributed by atoms with E-state index in [1.165, 1.54) is 10.4 Å². The van der Waals surface area contributed by atoms with Crippen LogP contribution < -0.4 is 0 Å². The Balaban J connectivity index is 1.43. The number of hydrogen-bond acceptors (Lipinski definition) is 5. The van der Waals surface area contributed by atoms with Crippen molar-refractivity contribution in [3.8, 4) is 0 Å². The third kappa shape index (κ3) is 3.87. The molecule has 0 aliphatic carbocycles. The van der Waals surface area contributed by atoms with Crippen molar-refractivity contribution in [1.82, 2.24) is 9.47 Å². The monoisotopic (exact) mass is 412 g/mol. The summed E-state index contributed by atoms with van der Waals surface area (Å²) in [6, 6.07) is 7.60. The predicted octanol–water partition coefficient (Wildman–Crippen LogP) is 3.94. The fourth-order valence-electron chi connectivity index (χ4n) is 3.78. The molecule has 0 aromatic carbocycles. The molecule has 1 amide bonds. The molecule has 6 nitrogen and oxygen atoms in total. The van der Waals surface area contributed by atoms with Gasteiger partial charge in [-0.2, -0.15) is 0 Å². The number of aromatic nitrogens is 1. The molecular weight excluding hydrogens is 388 g/mol. The molecule has 0 fully saturated rings. The third-order valence-electron chi connectivity index (χ3n) is 5.44. The molecule has 0 N–H and O–H groups in total. The lowest BCUT2D eigenvalue weighted by molar-refractivity contribution is -0.140. The van der Waals surface area contributed by atoms with Crippen molar-refractivity contribution >= 4 is 23.2 Å². The van der Waals surface area contributed by atoms with Gasteiger partial charge in [0.05, 0.1) is 18.4 Å². The molecule has 1 unspecified atom stereocenters. The van der Waals surface area contributed by atoms with Crippen molar-refractivity contribution in [2.24, 2.45) is 0 Å². The second-order valence-electron chi connectivity index (χ2n) is 7.38. The lowest BCUT2D eigenvalue weighted by Gasteiger charge is -2.29. The number of hydrogen-bond donors (Lipinski definition) is 0. The van der Waals surface area contributed by atoms with Gasteiger partial charge in [-0.1, -0.05) is 0 Å². The summed E-state index contributed by atoms with van der Waals surface area (Å²) in [7, 11) is 0. The van der Waals surface area contributed by atoms with Gasteiger partial charge in [0.1, 0.15) is 5.76 Å². The number of rotatable bonds is 5. The number of amides is 1. The van der Waals surface area contributed by atoms with Crippen LogP contribution in [0.4, 0.5) is 0 Å². The highest BCUT2D eigenvalue weighted by Gasteiger charge is 2.28. The van der Waals surface area contributed by atoms with Crippen molar-refractivity contribution in [2.45, 2.75) is 46.4 Å². The van der Waals surface area contributed by atoms with Crippen LogP contribution in [0.15, 0.2) is 40.3 Å². The van der Waals surface area contributed by atoms with Gasteiger partial charge >= 0.3 is 5.97 Å². The number of carbonyl (C=O) groups is 2. The van der Waals surface area contributed by atoms with Gasteiger partial charge in [-0.05, 0) is 62.4 Å². The summed E-state index contributed by atoms with van der Waals surface area (Å²) in [5.74, 6) is 0.186. The number of nitrogens with zero attached hydrogens (tertiary/aromatic N) is 2. The first-order chi connectivity index (χ1) is 13.9. The van der Waals surface area contributed by atoms with Crippen LogP contribution in [0.3, 0.4) is 0 Å². The smallest absolute Gasteiger partial charge is 0.340 e. The van der Waals surface area contributed by atoms with Crippen LogP contribution in [0, 0.1) is 13.8 Å². The molecule has 1 atom stereocenters. The Morgan fingerprint density at radius 1 is 1.31 bits per heavy atom. The minimum atomic E-state index is -0.823. The number of esters is 1. The Morgan fingerprint density at radius 2 is 2.14 bits per heavy atom. The quantitative estimate of drug-likeness (QED) is 0.596. The SMILES string of the molecule is Cc1cc(C(=O)OC(C)C(=O)N2CCc3sccc3C2)c(C)n1Cc1ccco1. The molecule has 152 valence electrons. The van der Waals surface area contributed by atoms with E-state index in [1.807, 2.05) is 30.5 Å². The van der Waals surface area contributed by atoms with E-state index >= 15 is 0 Å². The molecule has 0 spiro atoms. The first kappa shape index (κ1) is 19.5. The van der Waals surface area contributed by atoms with E-state index in [4.69, 9.17) is 9.15 Å². The Bertz CT molecular complexity index is 1030. The van der Waals surface area contributed by atoms with Crippen molar-refractivity contribution in [3.63, 3.8) is 0 Å². The van der Waals surface area contributed by atoms with Crippen LogP contribution in [-0.4, -0.2) is 34.0 Å². The number of carbonyl (C=O) groups excluding carboxylic acids is 2. The Labute approximate surface area is 173 Å². The topological polar surface area (TPSA) is 64.7 Å². The number of ether oxygens (including phenoxy) is 1. The molecule has 4 heterocycles. The molecule has 3 aromatic heterocycles. The summed E-state index contributed by atoms with van der Waals surface area (Å²) in [6.07, 6.45) is 1.66. The van der Waals surface area contributed by atoms with Crippen molar-refractivity contribution in [3.05, 3.63) is 69.1 Å². The zero-order valence-electron chi connectivity index (χ0n) is 16.8. The fraction of sp³-hybridized carbons (Fsp3) is 0.364. The number of aryl methyl sites for hydroxylation is 1. The van der Waals surface area contributed by atoms with Gasteiger partial charge < -0.3 is 18.6 Å². The minimum Gasteiger partial charge on any atom is -0.467 e. The maximum atomic E-state index is 12.8. The lowest BCUT2D eigenvalue weighted by Crippen LogP contribution is -2.42. The summed E-state index contributed by atoms with van der Waals surface area (Å²) in [6.45, 7) is 7.24. The molecule has 0 saturated heterocycles. The third-order valence-corrected chi connectivity index (χ3v) is 6.46. The molecule has 0 bridgehead atoms. The summed E-state index contributed by atoms with van der Waals surface area (Å²) in [5.41, 5.74) is 3.40. The van der Waals surface area contributed by atoms with E-state index in [-0.39, 0.29) is 5.91 Å². The molecule has 3 aromatic rings. The Hall–Kier alpha value is -2.80. The number of thiophene rings is 1. The highest BCUT2D eigenvalue weighted by molar-refractivity contribution is 7.10. The van der Waals surface area contributed by atoms with E-state index in [9.17, 15) is 9.59 Å². The normalized spacial score (nSPS) is 14.5. The summed E-state index contributed by atoms with van der Waals surface area (Å²) < 4.78 is 13.0. The molecule has 1 aliphatic rings. The largest absolute Gasteiger partial charge is 0.467 e.